The Morgan fingerprint density at radius 2 is 0.922 bits per heavy atom. The summed E-state index contributed by atoms with van der Waals surface area (Å²) in [5.41, 5.74) is 1.96. The summed E-state index contributed by atoms with van der Waals surface area (Å²) in [6, 6.07) is 22.0. The number of esters is 2. The van der Waals surface area contributed by atoms with Gasteiger partial charge in [0.15, 0.2) is 11.6 Å². The number of aryl methyl sites for hydroxylation is 2. The highest BCUT2D eigenvalue weighted by molar-refractivity contribution is 7.48. The van der Waals surface area contributed by atoms with E-state index in [1.165, 1.54) is 24.3 Å². The number of rotatable bonds is 18. The smallest absolute Gasteiger partial charge is 0.497 e. The molecule has 0 unspecified atom stereocenters. The van der Waals surface area contributed by atoms with Crippen molar-refractivity contribution in [3.8, 4) is 34.5 Å². The van der Waals surface area contributed by atoms with E-state index in [2.05, 4.69) is 0 Å². The number of benzene rings is 4. The number of phosphoric ester groups is 1. The maximum absolute atomic E-state index is 13.2. The molecule has 1 N–H and O–H groups in total. The van der Waals surface area contributed by atoms with Gasteiger partial charge in [-0.3, -0.25) is 24.1 Å². The fraction of sp³-hybridized carbons (Fsp3) is 0.263. The lowest BCUT2D eigenvalue weighted by atomic mass is 10.0. The van der Waals surface area contributed by atoms with Gasteiger partial charge in [0.1, 0.15) is 34.5 Å². The largest absolute Gasteiger partial charge is 0.584 e. The first-order chi connectivity index (χ1) is 24.4. The average Bonchev–Trinajstić information content (AvgIpc) is 3.13. The molecule has 12 nitrogen and oxygen atoms in total. The molecule has 0 amide bonds. The van der Waals surface area contributed by atoms with E-state index in [9.17, 15) is 28.6 Å². The Bertz CT molecular complexity index is 1770. The van der Waals surface area contributed by atoms with Crippen LogP contribution in [-0.2, 0) is 27.0 Å². The first-order valence-electron chi connectivity index (χ1n) is 16.2. The molecule has 0 aliphatic rings. The minimum Gasteiger partial charge on any atom is -0.497 e. The molecular formula is C38H39O12P. The summed E-state index contributed by atoms with van der Waals surface area (Å²) in [7, 11) is -1.81. The van der Waals surface area contributed by atoms with E-state index in [0.717, 1.165) is 23.3 Å². The summed E-state index contributed by atoms with van der Waals surface area (Å²) >= 11 is 0. The summed E-state index contributed by atoms with van der Waals surface area (Å²) < 4.78 is 44.7. The van der Waals surface area contributed by atoms with E-state index in [-0.39, 0.29) is 71.4 Å². The van der Waals surface area contributed by atoms with E-state index in [1.807, 2.05) is 24.3 Å². The van der Waals surface area contributed by atoms with Crippen molar-refractivity contribution in [2.24, 2.45) is 0 Å². The molecule has 13 heteroatoms. The molecule has 51 heavy (non-hydrogen) atoms. The molecular weight excluding hydrogens is 679 g/mol. The lowest BCUT2D eigenvalue weighted by Crippen LogP contribution is -2.11. The third-order valence-electron chi connectivity index (χ3n) is 7.57. The van der Waals surface area contributed by atoms with Crippen molar-refractivity contribution in [2.75, 3.05) is 14.2 Å². The van der Waals surface area contributed by atoms with Gasteiger partial charge in [0.05, 0.1) is 25.3 Å². The van der Waals surface area contributed by atoms with Crippen molar-refractivity contribution in [3.05, 3.63) is 107 Å². The van der Waals surface area contributed by atoms with Crippen LogP contribution in [-0.4, -0.2) is 42.6 Å². The summed E-state index contributed by atoms with van der Waals surface area (Å²) in [4.78, 5) is 61.4. The van der Waals surface area contributed by atoms with Crippen molar-refractivity contribution in [1.82, 2.24) is 0 Å². The number of phosphoric acid groups is 1. The van der Waals surface area contributed by atoms with Gasteiger partial charge < -0.3 is 28.0 Å². The van der Waals surface area contributed by atoms with E-state index in [4.69, 9.17) is 28.0 Å². The van der Waals surface area contributed by atoms with Crippen LogP contribution in [0.15, 0.2) is 84.9 Å². The second kappa shape index (κ2) is 18.0. The summed E-state index contributed by atoms with van der Waals surface area (Å²) in [5, 5.41) is 0. The first-order valence-corrected chi connectivity index (χ1v) is 17.7. The number of carbonyl (C=O) groups excluding carboxylic acids is 4. The Labute approximate surface area is 295 Å². The SMILES string of the molecule is CCC(=O)Oc1cc(OP(=O)(O)Oc2ccc(C(=O)CCc3ccc(OC)cc3)c(OC(=O)CC)c2)ccc1C(=O)CCc1ccc(OC)cc1. The van der Waals surface area contributed by atoms with Crippen molar-refractivity contribution in [3.63, 3.8) is 0 Å². The maximum Gasteiger partial charge on any atom is 0.584 e. The summed E-state index contributed by atoms with van der Waals surface area (Å²) in [5.74, 6) is -1.30. The number of ether oxygens (including phenoxy) is 4. The zero-order chi connectivity index (χ0) is 37.0. The van der Waals surface area contributed by atoms with Gasteiger partial charge in [-0.15, -0.1) is 0 Å². The second-order valence-electron chi connectivity index (χ2n) is 11.2. The van der Waals surface area contributed by atoms with Gasteiger partial charge in [-0.2, -0.15) is 0 Å². The van der Waals surface area contributed by atoms with Crippen LogP contribution in [0.5, 0.6) is 34.5 Å². The predicted molar refractivity (Wildman–Crippen MR) is 187 cm³/mol. The quantitative estimate of drug-likeness (QED) is 0.0467. The van der Waals surface area contributed by atoms with Crippen molar-refractivity contribution < 1.29 is 56.6 Å². The number of carbonyl (C=O) groups is 4. The molecule has 0 heterocycles. The highest BCUT2D eigenvalue weighted by Crippen LogP contribution is 2.46. The van der Waals surface area contributed by atoms with E-state index < -0.39 is 19.8 Å². The Morgan fingerprint density at radius 1 is 0.569 bits per heavy atom. The number of ketones is 2. The zero-order valence-electron chi connectivity index (χ0n) is 28.7. The highest BCUT2D eigenvalue weighted by Gasteiger charge is 2.28. The van der Waals surface area contributed by atoms with E-state index in [1.54, 1.807) is 52.3 Å². The molecule has 0 radical (unpaired) electrons. The topological polar surface area (TPSA) is 161 Å². The molecule has 0 aliphatic heterocycles. The van der Waals surface area contributed by atoms with Crippen LogP contribution in [0.1, 0.15) is 71.4 Å². The van der Waals surface area contributed by atoms with Gasteiger partial charge in [0.2, 0.25) is 0 Å². The van der Waals surface area contributed by atoms with Crippen LogP contribution < -0.4 is 28.0 Å². The predicted octanol–water partition coefficient (Wildman–Crippen LogP) is 7.52. The van der Waals surface area contributed by atoms with Crippen molar-refractivity contribution >= 4 is 31.3 Å². The fourth-order valence-electron chi connectivity index (χ4n) is 4.79. The van der Waals surface area contributed by atoms with E-state index in [0.29, 0.717) is 24.3 Å². The van der Waals surface area contributed by atoms with Gasteiger partial charge in [-0.25, -0.2) is 4.57 Å². The Kier molecular flexibility index (Phi) is 13.5. The minimum absolute atomic E-state index is 0.0110. The van der Waals surface area contributed by atoms with Crippen molar-refractivity contribution in [2.45, 2.75) is 52.4 Å². The van der Waals surface area contributed by atoms with Gasteiger partial charge in [-0.05, 0) is 72.5 Å². The monoisotopic (exact) mass is 718 g/mol. The first kappa shape index (κ1) is 38.4. The van der Waals surface area contributed by atoms with Crippen LogP contribution in [0.4, 0.5) is 0 Å². The molecule has 268 valence electrons. The number of hydrogen-bond donors (Lipinski definition) is 1. The summed E-state index contributed by atoms with van der Waals surface area (Å²) in [6.45, 7) is 3.16. The Balaban J connectivity index is 1.49. The zero-order valence-corrected chi connectivity index (χ0v) is 29.6. The molecule has 0 bridgehead atoms. The third-order valence-corrected chi connectivity index (χ3v) is 8.46. The van der Waals surface area contributed by atoms with Crippen LogP contribution in [0, 0.1) is 0 Å². The fourth-order valence-corrected chi connectivity index (χ4v) is 5.59. The molecule has 4 rings (SSSR count). The van der Waals surface area contributed by atoms with Gasteiger partial charge >= 0.3 is 19.8 Å². The van der Waals surface area contributed by atoms with Gasteiger partial charge in [-0.1, -0.05) is 38.1 Å². The highest BCUT2D eigenvalue weighted by atomic mass is 31.2. The molecule has 0 spiro atoms. The number of hydrogen-bond acceptors (Lipinski definition) is 11. The second-order valence-corrected chi connectivity index (χ2v) is 12.5. The molecule has 0 saturated heterocycles. The van der Waals surface area contributed by atoms with Crippen LogP contribution in [0.25, 0.3) is 0 Å². The molecule has 4 aromatic carbocycles. The van der Waals surface area contributed by atoms with Crippen LogP contribution >= 0.6 is 7.82 Å². The Morgan fingerprint density at radius 3 is 1.25 bits per heavy atom. The molecule has 4 aromatic rings. The van der Waals surface area contributed by atoms with Crippen molar-refractivity contribution in [1.29, 1.82) is 0 Å². The Hall–Kier alpha value is -5.45. The standard InChI is InChI=1S/C38H39O12P/c1-5-37(41)47-35-23-29(17-19-31(35)33(39)21-11-25-7-13-27(45-3)14-8-25)49-51(43,44)50-30-18-20-32(36(24-30)48-38(42)6-2)34(40)22-12-26-9-15-28(46-4)16-10-26/h7-10,13-20,23-24H,5-6,11-12,21-22H2,1-4H3,(H,43,44). The van der Waals surface area contributed by atoms with Crippen LogP contribution in [0.3, 0.4) is 0 Å². The maximum atomic E-state index is 13.2. The van der Waals surface area contributed by atoms with Crippen LogP contribution in [0.2, 0.25) is 0 Å². The lowest BCUT2D eigenvalue weighted by molar-refractivity contribution is -0.134. The van der Waals surface area contributed by atoms with E-state index >= 15 is 0 Å². The molecule has 0 aliphatic carbocycles. The lowest BCUT2D eigenvalue weighted by Gasteiger charge is -2.17. The normalized spacial score (nSPS) is 10.9. The summed E-state index contributed by atoms with van der Waals surface area (Å²) in [6.07, 6.45) is 1.02. The van der Waals surface area contributed by atoms with Gasteiger partial charge in [0, 0.05) is 37.8 Å². The minimum atomic E-state index is -4.93. The molecule has 0 fully saturated rings. The number of methoxy groups -OCH3 is 2. The third kappa shape index (κ3) is 11.3. The van der Waals surface area contributed by atoms with Gasteiger partial charge in [0.25, 0.3) is 0 Å². The molecule has 0 atom stereocenters. The number of Topliss-reactive ketones (excluding diaryl/α,β-unsaturated/α-hetero) is 2. The molecule has 0 saturated carbocycles. The molecule has 0 aromatic heterocycles. The average molecular weight is 719 g/mol.